The molecule has 0 rings (SSSR count). The van der Waals surface area contributed by atoms with E-state index < -0.39 is 5.41 Å². The predicted octanol–water partition coefficient (Wildman–Crippen LogP) is 9.39. The molecule has 8 nitrogen and oxygen atoms in total. The van der Waals surface area contributed by atoms with Gasteiger partial charge in [0.15, 0.2) is 0 Å². The summed E-state index contributed by atoms with van der Waals surface area (Å²) in [6.45, 7) is 16.4. The molecule has 0 aromatic heterocycles. The molecule has 0 saturated carbocycles. The zero-order chi connectivity index (χ0) is 36.9. The third-order valence-corrected chi connectivity index (χ3v) is 11.8. The van der Waals surface area contributed by atoms with Gasteiger partial charge in [-0.25, -0.2) is 0 Å². The van der Waals surface area contributed by atoms with Crippen LogP contribution in [-0.4, -0.2) is 94.3 Å². The SMILES string of the molecule is CC(C)SCCCCC(=O)OCC(COC(=O)CCCCSC(C)C)(COC(=O)CCCCSC(C)C)COC(=O)CCCCSC(C)C. The van der Waals surface area contributed by atoms with Gasteiger partial charge in [-0.1, -0.05) is 55.4 Å². The Morgan fingerprint density at radius 2 is 0.592 bits per heavy atom. The molecule has 0 saturated heterocycles. The zero-order valence-corrected chi connectivity index (χ0v) is 35.1. The minimum absolute atomic E-state index is 0.193. The molecule has 0 radical (unpaired) electrons. The summed E-state index contributed by atoms with van der Waals surface area (Å²) in [5, 5.41) is 2.16. The van der Waals surface area contributed by atoms with E-state index in [2.05, 4.69) is 55.4 Å². The quantitative estimate of drug-likeness (QED) is 0.0370. The second kappa shape index (κ2) is 30.9. The number of rotatable bonds is 32. The molecular formula is C37H68O8S4. The van der Waals surface area contributed by atoms with Gasteiger partial charge in [-0.2, -0.15) is 47.0 Å². The highest BCUT2D eigenvalue weighted by atomic mass is 32.2. The van der Waals surface area contributed by atoms with Crippen LogP contribution in [0.25, 0.3) is 0 Å². The number of ether oxygens (including phenoxy) is 4. The van der Waals surface area contributed by atoms with E-state index in [0.717, 1.165) is 48.7 Å². The van der Waals surface area contributed by atoms with Crippen LogP contribution in [0.3, 0.4) is 0 Å². The van der Waals surface area contributed by atoms with Crippen LogP contribution in [0.4, 0.5) is 0 Å². The van der Waals surface area contributed by atoms with Crippen molar-refractivity contribution >= 4 is 70.9 Å². The molecular weight excluding hydrogens is 701 g/mol. The van der Waals surface area contributed by atoms with Gasteiger partial charge in [-0.05, 0) is 95.4 Å². The molecule has 0 N–H and O–H groups in total. The van der Waals surface area contributed by atoms with Gasteiger partial charge in [0.05, 0.1) is 0 Å². The van der Waals surface area contributed by atoms with Crippen molar-refractivity contribution in [3.05, 3.63) is 0 Å². The topological polar surface area (TPSA) is 105 Å². The molecule has 0 fully saturated rings. The Hall–Kier alpha value is -0.720. The van der Waals surface area contributed by atoms with Crippen LogP contribution >= 0.6 is 47.0 Å². The predicted molar refractivity (Wildman–Crippen MR) is 212 cm³/mol. The summed E-state index contributed by atoms with van der Waals surface area (Å²) < 4.78 is 22.8. The molecule has 288 valence electrons. The largest absolute Gasteiger partial charge is 0.465 e. The standard InChI is InChI=1S/C37H68O8S4/c1-29(2)46-21-13-9-17-33(38)42-25-37(26-43-34(39)18-10-14-22-47-30(3)4,27-44-35(40)19-11-15-23-48-31(5)6)28-45-36(41)20-12-16-24-49-32(7)8/h29-32H,9-28H2,1-8H3. The summed E-state index contributed by atoms with van der Waals surface area (Å²) in [6, 6.07) is 0. The van der Waals surface area contributed by atoms with Crippen LogP contribution < -0.4 is 0 Å². The fourth-order valence-corrected chi connectivity index (χ4v) is 7.60. The van der Waals surface area contributed by atoms with Crippen LogP contribution in [0.1, 0.15) is 132 Å². The fraction of sp³-hybridized carbons (Fsp3) is 0.892. The van der Waals surface area contributed by atoms with Gasteiger partial charge in [0.25, 0.3) is 0 Å². The average Bonchev–Trinajstić information content (AvgIpc) is 3.02. The Labute approximate surface area is 315 Å². The molecule has 0 aromatic rings. The molecule has 49 heavy (non-hydrogen) atoms. The maximum absolute atomic E-state index is 12.8. The molecule has 0 atom stereocenters. The molecule has 0 spiro atoms. The maximum atomic E-state index is 12.8. The fourth-order valence-electron chi connectivity index (χ4n) is 4.23. The van der Waals surface area contributed by atoms with Gasteiger partial charge in [0, 0.05) is 25.7 Å². The molecule has 0 aliphatic carbocycles. The first-order valence-corrected chi connectivity index (χ1v) is 22.5. The summed E-state index contributed by atoms with van der Waals surface area (Å²) in [4.78, 5) is 51.2. The first kappa shape index (κ1) is 48.3. The minimum atomic E-state index is -1.21. The average molecular weight is 769 g/mol. The highest BCUT2D eigenvalue weighted by molar-refractivity contribution is 8.00. The van der Waals surface area contributed by atoms with Crippen molar-refractivity contribution in [3.63, 3.8) is 0 Å². The van der Waals surface area contributed by atoms with E-state index in [1.165, 1.54) is 0 Å². The first-order valence-electron chi connectivity index (χ1n) is 18.3. The van der Waals surface area contributed by atoms with E-state index in [1.54, 1.807) is 0 Å². The number of carbonyl (C=O) groups is 4. The second-order valence-corrected chi connectivity index (χ2v) is 20.4. The van der Waals surface area contributed by atoms with Crippen molar-refractivity contribution in [2.75, 3.05) is 49.4 Å². The zero-order valence-electron chi connectivity index (χ0n) is 31.9. The number of hydrogen-bond donors (Lipinski definition) is 0. The number of unbranched alkanes of at least 4 members (excludes halogenated alkanes) is 4. The van der Waals surface area contributed by atoms with E-state index in [9.17, 15) is 19.2 Å². The lowest BCUT2D eigenvalue weighted by molar-refractivity contribution is -0.170. The second-order valence-electron chi connectivity index (χ2n) is 13.6. The number of esters is 4. The Morgan fingerprint density at radius 1 is 0.388 bits per heavy atom. The summed E-state index contributed by atoms with van der Waals surface area (Å²) >= 11 is 7.42. The maximum Gasteiger partial charge on any atom is 0.305 e. The van der Waals surface area contributed by atoms with E-state index >= 15 is 0 Å². The Kier molecular flexibility index (Phi) is 30.4. The van der Waals surface area contributed by atoms with Crippen LogP contribution in [0, 0.1) is 5.41 Å². The van der Waals surface area contributed by atoms with Gasteiger partial charge in [-0.15, -0.1) is 0 Å². The van der Waals surface area contributed by atoms with E-state index in [1.807, 2.05) is 47.0 Å². The van der Waals surface area contributed by atoms with Crippen molar-refractivity contribution in [1.82, 2.24) is 0 Å². The van der Waals surface area contributed by atoms with Gasteiger partial charge in [-0.3, -0.25) is 19.2 Å². The van der Waals surface area contributed by atoms with Gasteiger partial charge >= 0.3 is 23.9 Å². The smallest absolute Gasteiger partial charge is 0.305 e. The number of hydrogen-bond acceptors (Lipinski definition) is 12. The summed E-state index contributed by atoms with van der Waals surface area (Å²) in [5.41, 5.74) is -1.21. The molecule has 0 heterocycles. The van der Waals surface area contributed by atoms with Crippen LogP contribution in [0.2, 0.25) is 0 Å². The monoisotopic (exact) mass is 768 g/mol. The highest BCUT2D eigenvalue weighted by Crippen LogP contribution is 2.24. The van der Waals surface area contributed by atoms with Gasteiger partial charge in [0.1, 0.15) is 31.8 Å². The van der Waals surface area contributed by atoms with Crippen LogP contribution in [0.15, 0.2) is 0 Å². The molecule has 0 unspecified atom stereocenters. The minimum Gasteiger partial charge on any atom is -0.465 e. The summed E-state index contributed by atoms with van der Waals surface area (Å²) in [7, 11) is 0. The third-order valence-electron chi connectivity index (χ3n) is 7.06. The highest BCUT2D eigenvalue weighted by Gasteiger charge is 2.38. The van der Waals surface area contributed by atoms with Crippen molar-refractivity contribution < 1.29 is 38.1 Å². The molecule has 0 aliphatic heterocycles. The number of carbonyl (C=O) groups excluding carboxylic acids is 4. The Morgan fingerprint density at radius 3 is 0.776 bits per heavy atom. The lowest BCUT2D eigenvalue weighted by Gasteiger charge is -2.31. The van der Waals surface area contributed by atoms with Crippen LogP contribution in [-0.2, 0) is 38.1 Å². The van der Waals surface area contributed by atoms with E-state index in [-0.39, 0.29) is 76.0 Å². The molecule has 0 bridgehead atoms. The van der Waals surface area contributed by atoms with Gasteiger partial charge < -0.3 is 18.9 Å². The third kappa shape index (κ3) is 31.7. The van der Waals surface area contributed by atoms with Crippen molar-refractivity contribution in [3.8, 4) is 0 Å². The lowest BCUT2D eigenvalue weighted by atomic mass is 9.92. The van der Waals surface area contributed by atoms with Crippen LogP contribution in [0.5, 0.6) is 0 Å². The van der Waals surface area contributed by atoms with Crippen molar-refractivity contribution in [1.29, 1.82) is 0 Å². The molecule has 0 aromatic carbocycles. The van der Waals surface area contributed by atoms with Crippen molar-refractivity contribution in [2.45, 2.75) is 153 Å². The van der Waals surface area contributed by atoms with E-state index in [0.29, 0.717) is 46.7 Å². The Balaban J connectivity index is 5.55. The van der Waals surface area contributed by atoms with E-state index in [4.69, 9.17) is 18.9 Å². The molecule has 12 heteroatoms. The molecule has 0 amide bonds. The van der Waals surface area contributed by atoms with Crippen molar-refractivity contribution in [2.24, 2.45) is 5.41 Å². The summed E-state index contributed by atoms with van der Waals surface area (Å²) in [5.74, 6) is 2.37. The Bertz CT molecular complexity index is 741. The normalized spacial score (nSPS) is 11.8. The lowest BCUT2D eigenvalue weighted by Crippen LogP contribution is -2.44. The van der Waals surface area contributed by atoms with Gasteiger partial charge in [0.2, 0.25) is 0 Å². The summed E-state index contributed by atoms with van der Waals surface area (Å²) in [6.07, 6.45) is 7.41. The first-order chi connectivity index (χ1) is 23.2. The number of thioether (sulfide) groups is 4. The molecule has 0 aliphatic rings.